The molecule has 0 fully saturated rings. The van der Waals surface area contributed by atoms with Gasteiger partial charge in [-0.15, -0.1) is 0 Å². The van der Waals surface area contributed by atoms with Gasteiger partial charge in [0.1, 0.15) is 5.75 Å². The van der Waals surface area contributed by atoms with Gasteiger partial charge in [0, 0.05) is 6.92 Å². The molecule has 0 aliphatic heterocycles. The second-order valence-corrected chi connectivity index (χ2v) is 4.06. The largest absolute Gasteiger partial charge is 0.426 e. The fourth-order valence-corrected chi connectivity index (χ4v) is 1.55. The van der Waals surface area contributed by atoms with E-state index in [0.717, 1.165) is 14.7 Å². The molecule has 0 amide bonds. The molecule has 3 nitrogen and oxygen atoms in total. The van der Waals surface area contributed by atoms with Crippen molar-refractivity contribution in [3.63, 3.8) is 0 Å². The van der Waals surface area contributed by atoms with E-state index in [2.05, 4.69) is 22.6 Å². The van der Waals surface area contributed by atoms with Gasteiger partial charge in [0.25, 0.3) is 0 Å². The molecule has 1 N–H and O–H groups in total. The van der Waals surface area contributed by atoms with E-state index < -0.39 is 0 Å². The predicted octanol–water partition coefficient (Wildman–Crippen LogP) is 2.02. The molecule has 0 aliphatic rings. The molecular weight excluding hydrogens is 295 g/mol. The maximum absolute atomic E-state index is 10.8. The highest BCUT2D eigenvalue weighted by atomic mass is 127. The minimum absolute atomic E-state index is 0.0496. The SMILES string of the molecule is CC(=O)Oc1cc(CO)cc(C)c1I. The van der Waals surface area contributed by atoms with E-state index in [1.165, 1.54) is 6.92 Å². The quantitative estimate of drug-likeness (QED) is 0.516. The van der Waals surface area contributed by atoms with Crippen LogP contribution in [0.5, 0.6) is 5.75 Å². The summed E-state index contributed by atoms with van der Waals surface area (Å²) in [4.78, 5) is 10.8. The lowest BCUT2D eigenvalue weighted by Gasteiger charge is -2.08. The Bertz CT molecular complexity index is 361. The van der Waals surface area contributed by atoms with Crippen LogP contribution >= 0.6 is 22.6 Å². The summed E-state index contributed by atoms with van der Waals surface area (Å²) in [7, 11) is 0. The van der Waals surface area contributed by atoms with E-state index in [0.29, 0.717) is 5.75 Å². The lowest BCUT2D eigenvalue weighted by molar-refractivity contribution is -0.131. The van der Waals surface area contributed by atoms with E-state index >= 15 is 0 Å². The zero-order valence-corrected chi connectivity index (χ0v) is 10.2. The molecule has 0 aliphatic carbocycles. The third-order valence-electron chi connectivity index (χ3n) is 1.72. The minimum Gasteiger partial charge on any atom is -0.426 e. The summed E-state index contributed by atoms with van der Waals surface area (Å²) in [6.45, 7) is 3.22. The number of esters is 1. The third kappa shape index (κ3) is 2.68. The Labute approximate surface area is 96.2 Å². The monoisotopic (exact) mass is 306 g/mol. The van der Waals surface area contributed by atoms with Gasteiger partial charge in [-0.1, -0.05) is 6.07 Å². The molecule has 76 valence electrons. The Morgan fingerprint density at radius 3 is 2.71 bits per heavy atom. The normalized spacial score (nSPS) is 10.0. The minimum atomic E-state index is -0.350. The Morgan fingerprint density at radius 1 is 1.57 bits per heavy atom. The van der Waals surface area contributed by atoms with Crippen LogP contribution in [0.4, 0.5) is 0 Å². The van der Waals surface area contributed by atoms with Crippen LogP contribution in [0, 0.1) is 10.5 Å². The Balaban J connectivity index is 3.13. The lowest BCUT2D eigenvalue weighted by Crippen LogP contribution is -2.04. The van der Waals surface area contributed by atoms with Crippen LogP contribution in [0.3, 0.4) is 0 Å². The summed E-state index contributed by atoms with van der Waals surface area (Å²) >= 11 is 2.11. The molecule has 0 spiro atoms. The Hall–Kier alpha value is -0.620. The van der Waals surface area contributed by atoms with Crippen LogP contribution in [-0.2, 0) is 11.4 Å². The highest BCUT2D eigenvalue weighted by molar-refractivity contribution is 14.1. The van der Waals surface area contributed by atoms with Gasteiger partial charge in [0.2, 0.25) is 0 Å². The average molecular weight is 306 g/mol. The van der Waals surface area contributed by atoms with Crippen molar-refractivity contribution in [1.82, 2.24) is 0 Å². The molecule has 1 aromatic rings. The predicted molar refractivity (Wildman–Crippen MR) is 61.1 cm³/mol. The van der Waals surface area contributed by atoms with Crippen LogP contribution in [0.1, 0.15) is 18.1 Å². The fourth-order valence-electron chi connectivity index (χ4n) is 1.13. The fraction of sp³-hybridized carbons (Fsp3) is 0.300. The molecule has 14 heavy (non-hydrogen) atoms. The average Bonchev–Trinajstić information content (AvgIpc) is 2.11. The van der Waals surface area contributed by atoms with Gasteiger partial charge < -0.3 is 9.84 Å². The standard InChI is InChI=1S/C10H11IO3/c1-6-3-8(5-12)4-9(10(6)11)14-7(2)13/h3-4,12H,5H2,1-2H3. The molecule has 0 atom stereocenters. The van der Waals surface area contributed by atoms with Crippen molar-refractivity contribution >= 4 is 28.6 Å². The van der Waals surface area contributed by atoms with Crippen molar-refractivity contribution in [2.24, 2.45) is 0 Å². The summed E-state index contributed by atoms with van der Waals surface area (Å²) < 4.78 is 5.91. The molecule has 1 rings (SSSR count). The molecule has 0 radical (unpaired) electrons. The number of halogens is 1. The molecule has 0 unspecified atom stereocenters. The number of carbonyl (C=O) groups is 1. The summed E-state index contributed by atoms with van der Waals surface area (Å²) in [6, 6.07) is 3.55. The van der Waals surface area contributed by atoms with Crippen molar-refractivity contribution in [1.29, 1.82) is 0 Å². The first kappa shape index (κ1) is 11.5. The molecule has 0 heterocycles. The summed E-state index contributed by atoms with van der Waals surface area (Å²) in [5, 5.41) is 8.97. The maximum atomic E-state index is 10.8. The van der Waals surface area contributed by atoms with Gasteiger partial charge in [-0.2, -0.15) is 0 Å². The zero-order chi connectivity index (χ0) is 10.7. The number of aryl methyl sites for hydroxylation is 1. The molecule has 1 aromatic carbocycles. The number of rotatable bonds is 2. The van der Waals surface area contributed by atoms with Gasteiger partial charge in [-0.3, -0.25) is 4.79 Å². The number of hydrogen-bond acceptors (Lipinski definition) is 3. The van der Waals surface area contributed by atoms with E-state index in [1.54, 1.807) is 6.07 Å². The topological polar surface area (TPSA) is 46.5 Å². The van der Waals surface area contributed by atoms with Crippen LogP contribution in [-0.4, -0.2) is 11.1 Å². The first-order valence-corrected chi connectivity index (χ1v) is 5.20. The van der Waals surface area contributed by atoms with Gasteiger partial charge in [-0.25, -0.2) is 0 Å². The number of benzene rings is 1. The second kappa shape index (κ2) is 4.75. The number of aliphatic hydroxyl groups excluding tert-OH is 1. The number of aliphatic hydroxyl groups is 1. The molecule has 0 bridgehead atoms. The van der Waals surface area contributed by atoms with Gasteiger partial charge in [-0.05, 0) is 46.7 Å². The second-order valence-electron chi connectivity index (χ2n) is 2.98. The van der Waals surface area contributed by atoms with E-state index in [9.17, 15) is 4.79 Å². The third-order valence-corrected chi connectivity index (χ3v) is 3.10. The summed E-state index contributed by atoms with van der Waals surface area (Å²) in [5.41, 5.74) is 1.74. The first-order chi connectivity index (χ1) is 6.54. The summed E-state index contributed by atoms with van der Waals surface area (Å²) in [6.07, 6.45) is 0. The molecule has 0 aromatic heterocycles. The highest BCUT2D eigenvalue weighted by Gasteiger charge is 2.08. The van der Waals surface area contributed by atoms with Crippen molar-refractivity contribution < 1.29 is 14.6 Å². The molecule has 0 saturated heterocycles. The molecular formula is C10H11IO3. The van der Waals surface area contributed by atoms with E-state index in [-0.39, 0.29) is 12.6 Å². The lowest BCUT2D eigenvalue weighted by atomic mass is 10.1. The molecule has 4 heteroatoms. The first-order valence-electron chi connectivity index (χ1n) is 4.13. The van der Waals surface area contributed by atoms with Crippen LogP contribution in [0.15, 0.2) is 12.1 Å². The Morgan fingerprint density at radius 2 is 2.21 bits per heavy atom. The molecule has 0 saturated carbocycles. The van der Waals surface area contributed by atoms with Gasteiger partial charge in [0.15, 0.2) is 0 Å². The smallest absolute Gasteiger partial charge is 0.308 e. The Kier molecular flexibility index (Phi) is 3.88. The zero-order valence-electron chi connectivity index (χ0n) is 8.00. The number of carbonyl (C=O) groups excluding carboxylic acids is 1. The van der Waals surface area contributed by atoms with Crippen LogP contribution < -0.4 is 4.74 Å². The summed E-state index contributed by atoms with van der Waals surface area (Å²) in [5.74, 6) is 0.166. The van der Waals surface area contributed by atoms with Crippen molar-refractivity contribution in [2.45, 2.75) is 20.5 Å². The van der Waals surface area contributed by atoms with Gasteiger partial charge >= 0.3 is 5.97 Å². The highest BCUT2D eigenvalue weighted by Crippen LogP contribution is 2.26. The van der Waals surface area contributed by atoms with Gasteiger partial charge in [0.05, 0.1) is 10.2 Å². The number of ether oxygens (including phenoxy) is 1. The van der Waals surface area contributed by atoms with Crippen molar-refractivity contribution in [3.05, 3.63) is 26.8 Å². The maximum Gasteiger partial charge on any atom is 0.308 e. The number of hydrogen-bond donors (Lipinski definition) is 1. The van der Waals surface area contributed by atoms with E-state index in [4.69, 9.17) is 9.84 Å². The van der Waals surface area contributed by atoms with Crippen LogP contribution in [0.25, 0.3) is 0 Å². The van der Waals surface area contributed by atoms with E-state index in [1.807, 2.05) is 13.0 Å². The van der Waals surface area contributed by atoms with Crippen molar-refractivity contribution in [2.75, 3.05) is 0 Å². The van der Waals surface area contributed by atoms with Crippen LogP contribution in [0.2, 0.25) is 0 Å². The van der Waals surface area contributed by atoms with Crippen molar-refractivity contribution in [3.8, 4) is 5.75 Å².